The summed E-state index contributed by atoms with van der Waals surface area (Å²) in [6, 6.07) is 5.36. The van der Waals surface area contributed by atoms with E-state index in [1.807, 2.05) is 6.92 Å². The maximum atomic E-state index is 9.95. The van der Waals surface area contributed by atoms with E-state index in [9.17, 15) is 5.11 Å². The third-order valence-corrected chi connectivity index (χ3v) is 3.41. The molecule has 0 aliphatic rings. The Hall–Kier alpha value is -0.970. The van der Waals surface area contributed by atoms with E-state index in [2.05, 4.69) is 19.2 Å². The molecule has 4 nitrogen and oxygen atoms in total. The second-order valence-corrected chi connectivity index (χ2v) is 6.06. The number of methoxy groups -OCH3 is 1. The van der Waals surface area contributed by atoms with Crippen molar-refractivity contribution in [2.75, 3.05) is 25.6 Å². The van der Waals surface area contributed by atoms with Crippen LogP contribution < -0.4 is 10.1 Å². The highest BCUT2D eigenvalue weighted by Crippen LogP contribution is 2.26. The monoisotopic (exact) mass is 315 g/mol. The van der Waals surface area contributed by atoms with Crippen LogP contribution in [0.3, 0.4) is 0 Å². The highest BCUT2D eigenvalue weighted by Gasteiger charge is 2.10. The van der Waals surface area contributed by atoms with Gasteiger partial charge in [-0.25, -0.2) is 0 Å². The Labute approximate surface area is 132 Å². The molecule has 0 saturated carbocycles. The smallest absolute Gasteiger partial charge is 0.121 e. The summed E-state index contributed by atoms with van der Waals surface area (Å²) in [6.07, 6.45) is 0.559. The van der Waals surface area contributed by atoms with Crippen molar-refractivity contribution >= 4 is 17.3 Å². The van der Waals surface area contributed by atoms with E-state index in [0.29, 0.717) is 24.1 Å². The first-order valence-electron chi connectivity index (χ1n) is 7.29. The lowest BCUT2D eigenvalue weighted by molar-refractivity contribution is -0.00443. The van der Waals surface area contributed by atoms with Crippen LogP contribution in [0, 0.1) is 5.92 Å². The molecule has 120 valence electrons. The van der Waals surface area contributed by atoms with E-state index < -0.39 is 6.10 Å². The maximum absolute atomic E-state index is 9.95. The Morgan fingerprint density at radius 3 is 2.62 bits per heavy atom. The minimum atomic E-state index is -0.582. The van der Waals surface area contributed by atoms with Gasteiger partial charge < -0.3 is 19.9 Å². The molecule has 1 aromatic rings. The average molecular weight is 316 g/mol. The van der Waals surface area contributed by atoms with Crippen molar-refractivity contribution in [1.82, 2.24) is 0 Å². The van der Waals surface area contributed by atoms with Gasteiger partial charge in [0.25, 0.3) is 0 Å². The van der Waals surface area contributed by atoms with Crippen LogP contribution in [0.4, 0.5) is 5.69 Å². The second-order valence-electron chi connectivity index (χ2n) is 5.65. The predicted molar refractivity (Wildman–Crippen MR) is 87.4 cm³/mol. The van der Waals surface area contributed by atoms with Crippen molar-refractivity contribution in [2.45, 2.75) is 39.4 Å². The van der Waals surface area contributed by atoms with E-state index >= 15 is 0 Å². The van der Waals surface area contributed by atoms with E-state index in [0.717, 1.165) is 17.9 Å². The number of anilines is 1. The molecule has 0 heterocycles. The Morgan fingerprint density at radius 1 is 1.29 bits per heavy atom. The number of benzene rings is 1. The zero-order valence-electron chi connectivity index (χ0n) is 13.2. The van der Waals surface area contributed by atoms with Crippen molar-refractivity contribution in [1.29, 1.82) is 0 Å². The van der Waals surface area contributed by atoms with Crippen LogP contribution in [0.5, 0.6) is 5.75 Å². The molecule has 1 aromatic carbocycles. The van der Waals surface area contributed by atoms with Crippen molar-refractivity contribution in [3.8, 4) is 5.75 Å². The first kappa shape index (κ1) is 18.1. The molecule has 0 bridgehead atoms. The van der Waals surface area contributed by atoms with Gasteiger partial charge in [-0.2, -0.15) is 0 Å². The van der Waals surface area contributed by atoms with Crippen LogP contribution in [0.25, 0.3) is 0 Å². The summed E-state index contributed by atoms with van der Waals surface area (Å²) in [5, 5.41) is 13.7. The van der Waals surface area contributed by atoms with Gasteiger partial charge >= 0.3 is 0 Å². The highest BCUT2D eigenvalue weighted by atomic mass is 35.5. The fraction of sp³-hybridized carbons (Fsp3) is 0.625. The molecule has 2 unspecified atom stereocenters. The largest absolute Gasteiger partial charge is 0.497 e. The zero-order valence-corrected chi connectivity index (χ0v) is 14.0. The summed E-state index contributed by atoms with van der Waals surface area (Å²) in [6.45, 7) is 7.02. The van der Waals surface area contributed by atoms with Crippen LogP contribution in [-0.2, 0) is 4.74 Å². The molecule has 5 heteroatoms. The normalized spacial score (nSPS) is 14.0. The number of hydrogen-bond donors (Lipinski definition) is 2. The van der Waals surface area contributed by atoms with Crippen LogP contribution in [-0.4, -0.2) is 37.6 Å². The quantitative estimate of drug-likeness (QED) is 0.731. The molecule has 2 N–H and O–H groups in total. The van der Waals surface area contributed by atoms with Crippen molar-refractivity contribution < 1.29 is 14.6 Å². The maximum Gasteiger partial charge on any atom is 0.121 e. The van der Waals surface area contributed by atoms with Crippen LogP contribution >= 0.6 is 11.6 Å². The highest BCUT2D eigenvalue weighted by molar-refractivity contribution is 6.33. The van der Waals surface area contributed by atoms with Crippen molar-refractivity contribution in [3.05, 3.63) is 23.2 Å². The molecule has 0 amide bonds. The molecule has 2 atom stereocenters. The summed E-state index contributed by atoms with van der Waals surface area (Å²) in [4.78, 5) is 0. The molecule has 0 aromatic heterocycles. The van der Waals surface area contributed by atoms with E-state index in [4.69, 9.17) is 21.1 Å². The number of halogens is 1. The van der Waals surface area contributed by atoms with Gasteiger partial charge in [-0.15, -0.1) is 0 Å². The van der Waals surface area contributed by atoms with Gasteiger partial charge in [-0.3, -0.25) is 0 Å². The van der Waals surface area contributed by atoms with Crippen LogP contribution in [0.15, 0.2) is 18.2 Å². The Kier molecular flexibility index (Phi) is 7.86. The molecule has 0 radical (unpaired) electrons. The lowest BCUT2D eigenvalue weighted by Crippen LogP contribution is -2.27. The number of ether oxygens (including phenoxy) is 2. The summed E-state index contributed by atoms with van der Waals surface area (Å²) in [7, 11) is 1.60. The number of hydrogen-bond acceptors (Lipinski definition) is 4. The molecule has 0 aliphatic carbocycles. The van der Waals surface area contributed by atoms with Crippen molar-refractivity contribution in [2.24, 2.45) is 5.92 Å². The topological polar surface area (TPSA) is 50.7 Å². The Balaban J connectivity index is 2.37. The summed E-state index contributed by atoms with van der Waals surface area (Å²) < 4.78 is 10.8. The SMILES string of the molecule is COc1ccc(Cl)c(NCC(O)COC(C)CC(C)C)c1. The second kappa shape index (κ2) is 9.13. The van der Waals surface area contributed by atoms with Gasteiger partial charge in [0.15, 0.2) is 0 Å². The van der Waals surface area contributed by atoms with Gasteiger partial charge in [0.1, 0.15) is 5.75 Å². The van der Waals surface area contributed by atoms with Gasteiger partial charge in [-0.05, 0) is 31.4 Å². The first-order chi connectivity index (χ1) is 9.92. The number of nitrogens with one attached hydrogen (secondary N) is 1. The first-order valence-corrected chi connectivity index (χ1v) is 7.67. The molecule has 21 heavy (non-hydrogen) atoms. The lowest BCUT2D eigenvalue weighted by Gasteiger charge is -2.19. The minimum Gasteiger partial charge on any atom is -0.497 e. The average Bonchev–Trinajstić information content (AvgIpc) is 2.43. The number of aliphatic hydroxyl groups excluding tert-OH is 1. The van der Waals surface area contributed by atoms with Gasteiger partial charge in [-0.1, -0.05) is 25.4 Å². The summed E-state index contributed by atoms with van der Waals surface area (Å²) >= 11 is 6.09. The number of aliphatic hydroxyl groups is 1. The molecule has 0 aliphatic heterocycles. The zero-order chi connectivity index (χ0) is 15.8. The molecule has 1 rings (SSSR count). The third-order valence-electron chi connectivity index (χ3n) is 3.08. The van der Waals surface area contributed by atoms with E-state index in [1.165, 1.54) is 0 Å². The fourth-order valence-electron chi connectivity index (χ4n) is 2.06. The molecule has 0 fully saturated rings. The van der Waals surface area contributed by atoms with Gasteiger partial charge in [0.2, 0.25) is 0 Å². The summed E-state index contributed by atoms with van der Waals surface area (Å²) in [5.74, 6) is 1.31. The Morgan fingerprint density at radius 2 is 2.00 bits per heavy atom. The number of rotatable bonds is 9. The van der Waals surface area contributed by atoms with Gasteiger partial charge in [0, 0.05) is 12.6 Å². The van der Waals surface area contributed by atoms with Crippen LogP contribution in [0.2, 0.25) is 5.02 Å². The van der Waals surface area contributed by atoms with Gasteiger partial charge in [0.05, 0.1) is 36.6 Å². The van der Waals surface area contributed by atoms with E-state index in [1.54, 1.807) is 25.3 Å². The fourth-order valence-corrected chi connectivity index (χ4v) is 2.25. The minimum absolute atomic E-state index is 0.153. The lowest BCUT2D eigenvalue weighted by atomic mass is 10.1. The molecular weight excluding hydrogens is 290 g/mol. The van der Waals surface area contributed by atoms with Crippen LogP contribution in [0.1, 0.15) is 27.2 Å². The van der Waals surface area contributed by atoms with E-state index in [-0.39, 0.29) is 6.10 Å². The molecule has 0 saturated heterocycles. The molecular formula is C16H26ClNO3. The molecule has 0 spiro atoms. The Bertz CT molecular complexity index is 426. The predicted octanol–water partition coefficient (Wildman–Crippen LogP) is 3.57. The standard InChI is InChI=1S/C16H26ClNO3/c1-11(2)7-12(3)21-10-13(19)9-18-16-8-14(20-4)5-6-15(16)17/h5-6,8,11-13,18-19H,7,9-10H2,1-4H3. The summed E-state index contributed by atoms with van der Waals surface area (Å²) in [5.41, 5.74) is 0.741. The van der Waals surface area contributed by atoms with Crippen molar-refractivity contribution in [3.63, 3.8) is 0 Å². The third kappa shape index (κ3) is 7.02.